The van der Waals surface area contributed by atoms with Crippen LogP contribution in [0.4, 0.5) is 10.1 Å². The van der Waals surface area contributed by atoms with Crippen LogP contribution in [0.1, 0.15) is 27.6 Å². The van der Waals surface area contributed by atoms with Gasteiger partial charge in [-0.2, -0.15) is 0 Å². The number of aromatic hydroxyl groups is 1. The maximum atomic E-state index is 12.9. The van der Waals surface area contributed by atoms with Crippen molar-refractivity contribution < 1.29 is 19.1 Å². The third kappa shape index (κ3) is 3.00. The summed E-state index contributed by atoms with van der Waals surface area (Å²) in [7, 11) is 0. The summed E-state index contributed by atoms with van der Waals surface area (Å²) in [5.74, 6) is -1.77. The van der Waals surface area contributed by atoms with Gasteiger partial charge in [-0.15, -0.1) is 0 Å². The van der Waals surface area contributed by atoms with Crippen molar-refractivity contribution in [1.82, 2.24) is 0 Å². The number of ketones is 1. The van der Waals surface area contributed by atoms with Gasteiger partial charge in [0.25, 0.3) is 5.91 Å². The van der Waals surface area contributed by atoms with E-state index >= 15 is 0 Å². The Bertz CT molecular complexity index is 683. The molecular formula is C15H12FNO3. The van der Waals surface area contributed by atoms with E-state index in [1.54, 1.807) is 18.2 Å². The lowest BCUT2D eigenvalue weighted by Gasteiger charge is -2.07. The van der Waals surface area contributed by atoms with E-state index in [1.807, 2.05) is 0 Å². The molecule has 0 aliphatic heterocycles. The number of Topliss-reactive ketones (excluding diaryl/α,β-unsaturated/α-hetero) is 1. The number of halogens is 1. The van der Waals surface area contributed by atoms with E-state index in [-0.39, 0.29) is 11.3 Å². The Morgan fingerprint density at radius 2 is 1.90 bits per heavy atom. The van der Waals surface area contributed by atoms with Crippen LogP contribution >= 0.6 is 0 Å². The highest BCUT2D eigenvalue weighted by molar-refractivity contribution is 6.06. The molecule has 0 bridgehead atoms. The molecule has 0 aliphatic rings. The fourth-order valence-corrected chi connectivity index (χ4v) is 1.71. The van der Waals surface area contributed by atoms with Gasteiger partial charge in [-0.1, -0.05) is 12.1 Å². The van der Waals surface area contributed by atoms with Crippen molar-refractivity contribution in [3.63, 3.8) is 0 Å². The van der Waals surface area contributed by atoms with Crippen LogP contribution in [0, 0.1) is 5.82 Å². The molecule has 2 aromatic rings. The summed E-state index contributed by atoms with van der Waals surface area (Å²) in [6.45, 7) is 1.42. The molecule has 0 radical (unpaired) electrons. The Kier molecular flexibility index (Phi) is 3.79. The summed E-state index contributed by atoms with van der Waals surface area (Å²) in [6.07, 6.45) is 0. The lowest BCUT2D eigenvalue weighted by atomic mass is 10.1. The highest BCUT2D eigenvalue weighted by Gasteiger charge is 2.12. The van der Waals surface area contributed by atoms with Crippen LogP contribution in [0.5, 0.6) is 5.75 Å². The van der Waals surface area contributed by atoms with Gasteiger partial charge in [-0.3, -0.25) is 9.59 Å². The highest BCUT2D eigenvalue weighted by atomic mass is 19.1. The number of hydrogen-bond donors (Lipinski definition) is 2. The molecule has 0 fully saturated rings. The van der Waals surface area contributed by atoms with Crippen molar-refractivity contribution in [1.29, 1.82) is 0 Å². The van der Waals surface area contributed by atoms with E-state index in [1.165, 1.54) is 19.1 Å². The Balaban J connectivity index is 2.23. The number of rotatable bonds is 3. The minimum Gasteiger partial charge on any atom is -0.507 e. The molecule has 0 saturated carbocycles. The van der Waals surface area contributed by atoms with Crippen molar-refractivity contribution in [3.05, 3.63) is 59.4 Å². The van der Waals surface area contributed by atoms with Crippen molar-refractivity contribution >= 4 is 17.4 Å². The van der Waals surface area contributed by atoms with Crippen molar-refractivity contribution in [2.75, 3.05) is 5.32 Å². The fourth-order valence-electron chi connectivity index (χ4n) is 1.71. The number of amides is 1. The first kappa shape index (κ1) is 13.7. The molecule has 102 valence electrons. The number of carbonyl (C=O) groups excluding carboxylic acids is 2. The van der Waals surface area contributed by atoms with E-state index in [4.69, 9.17) is 0 Å². The number of carbonyl (C=O) groups is 2. The number of benzene rings is 2. The summed E-state index contributed by atoms with van der Waals surface area (Å²) in [5, 5.41) is 12.1. The molecule has 5 heteroatoms. The summed E-state index contributed by atoms with van der Waals surface area (Å²) >= 11 is 0. The van der Waals surface area contributed by atoms with Crippen LogP contribution in [0.2, 0.25) is 0 Å². The quantitative estimate of drug-likeness (QED) is 0.845. The number of hydrogen-bond acceptors (Lipinski definition) is 3. The smallest absolute Gasteiger partial charge is 0.259 e. The molecule has 0 aliphatic carbocycles. The van der Waals surface area contributed by atoms with E-state index in [0.29, 0.717) is 11.3 Å². The van der Waals surface area contributed by atoms with Crippen LogP contribution in [-0.2, 0) is 0 Å². The highest BCUT2D eigenvalue weighted by Crippen LogP contribution is 2.20. The van der Waals surface area contributed by atoms with Gasteiger partial charge in [-0.05, 0) is 31.2 Å². The summed E-state index contributed by atoms with van der Waals surface area (Å²) in [4.78, 5) is 23.2. The standard InChI is InChI=1S/C15H12FNO3/c1-9(18)10-3-2-4-12(7-10)17-15(20)13-6-5-11(16)8-14(13)19/h2-8,19H,1H3,(H,17,20). The fraction of sp³-hybridized carbons (Fsp3) is 0.0667. The monoisotopic (exact) mass is 273 g/mol. The molecule has 2 N–H and O–H groups in total. The maximum Gasteiger partial charge on any atom is 0.259 e. The lowest BCUT2D eigenvalue weighted by molar-refractivity contribution is 0.101. The summed E-state index contributed by atoms with van der Waals surface area (Å²) < 4.78 is 12.9. The molecule has 20 heavy (non-hydrogen) atoms. The van der Waals surface area contributed by atoms with Gasteiger partial charge in [0.1, 0.15) is 11.6 Å². The average molecular weight is 273 g/mol. The van der Waals surface area contributed by atoms with Crippen molar-refractivity contribution in [3.8, 4) is 5.75 Å². The molecule has 2 aromatic carbocycles. The van der Waals surface area contributed by atoms with Gasteiger partial charge < -0.3 is 10.4 Å². The maximum absolute atomic E-state index is 12.9. The zero-order valence-electron chi connectivity index (χ0n) is 10.7. The van der Waals surface area contributed by atoms with E-state index in [0.717, 1.165) is 12.1 Å². The molecule has 2 rings (SSSR count). The second kappa shape index (κ2) is 5.52. The lowest BCUT2D eigenvalue weighted by Crippen LogP contribution is -2.12. The van der Waals surface area contributed by atoms with Crippen molar-refractivity contribution in [2.45, 2.75) is 6.92 Å². The molecule has 0 spiro atoms. The van der Waals surface area contributed by atoms with Crippen LogP contribution in [0.15, 0.2) is 42.5 Å². The minimum atomic E-state index is -0.627. The molecule has 0 atom stereocenters. The van der Waals surface area contributed by atoms with Crippen LogP contribution in [-0.4, -0.2) is 16.8 Å². The molecule has 4 nitrogen and oxygen atoms in total. The normalized spacial score (nSPS) is 10.1. The Morgan fingerprint density at radius 1 is 1.15 bits per heavy atom. The second-order valence-electron chi connectivity index (χ2n) is 4.25. The van der Waals surface area contributed by atoms with Crippen molar-refractivity contribution in [2.24, 2.45) is 0 Å². The van der Waals surface area contributed by atoms with Gasteiger partial charge in [-0.25, -0.2) is 4.39 Å². The van der Waals surface area contributed by atoms with Gasteiger partial charge in [0, 0.05) is 17.3 Å². The van der Waals surface area contributed by atoms with E-state index in [2.05, 4.69) is 5.32 Å². The van der Waals surface area contributed by atoms with Gasteiger partial charge in [0.05, 0.1) is 5.56 Å². The van der Waals surface area contributed by atoms with Gasteiger partial charge in [0.15, 0.2) is 5.78 Å². The molecule has 0 heterocycles. The minimum absolute atomic E-state index is 0.0420. The largest absolute Gasteiger partial charge is 0.507 e. The van der Waals surface area contributed by atoms with Crippen LogP contribution in [0.3, 0.4) is 0 Å². The zero-order chi connectivity index (χ0) is 14.7. The Morgan fingerprint density at radius 3 is 2.55 bits per heavy atom. The number of nitrogens with one attached hydrogen (secondary N) is 1. The molecular weight excluding hydrogens is 261 g/mol. The topological polar surface area (TPSA) is 66.4 Å². The first-order chi connectivity index (χ1) is 9.47. The predicted octanol–water partition coefficient (Wildman–Crippen LogP) is 2.99. The van der Waals surface area contributed by atoms with E-state index in [9.17, 15) is 19.1 Å². The zero-order valence-corrected chi connectivity index (χ0v) is 10.7. The third-order valence-electron chi connectivity index (χ3n) is 2.73. The average Bonchev–Trinajstić information content (AvgIpc) is 2.38. The van der Waals surface area contributed by atoms with Crippen LogP contribution in [0.25, 0.3) is 0 Å². The molecule has 0 aromatic heterocycles. The number of phenolic OH excluding ortho intramolecular Hbond substituents is 1. The number of phenols is 1. The predicted molar refractivity (Wildman–Crippen MR) is 72.5 cm³/mol. The molecule has 0 saturated heterocycles. The van der Waals surface area contributed by atoms with Gasteiger partial charge >= 0.3 is 0 Å². The first-order valence-corrected chi connectivity index (χ1v) is 5.88. The third-order valence-corrected chi connectivity index (χ3v) is 2.73. The second-order valence-corrected chi connectivity index (χ2v) is 4.25. The van der Waals surface area contributed by atoms with Gasteiger partial charge in [0.2, 0.25) is 0 Å². The molecule has 0 unspecified atom stereocenters. The van der Waals surface area contributed by atoms with E-state index < -0.39 is 17.5 Å². The number of anilines is 1. The summed E-state index contributed by atoms with van der Waals surface area (Å²) in [6, 6.07) is 9.55. The summed E-state index contributed by atoms with van der Waals surface area (Å²) in [5.41, 5.74) is 0.845. The van der Waals surface area contributed by atoms with Crippen LogP contribution < -0.4 is 5.32 Å². The Labute approximate surface area is 114 Å². The SMILES string of the molecule is CC(=O)c1cccc(NC(=O)c2ccc(F)cc2O)c1. The first-order valence-electron chi connectivity index (χ1n) is 5.88. The molecule has 1 amide bonds. The Hall–Kier alpha value is -2.69.